The quantitative estimate of drug-likeness (QED) is 0.915. The van der Waals surface area contributed by atoms with E-state index in [0.717, 1.165) is 32.1 Å². The number of fused-ring (bicyclic) bond motifs is 1. The number of phenolic OH excluding ortho intramolecular Hbond substituents is 1. The molecule has 5 heteroatoms. The largest absolute Gasteiger partial charge is 0.508 e. The SMILES string of the molecule is O=C(NC1CCc2cc(O)ccc2C1)c1ccnn1C1CCC1. The third-order valence-electron chi connectivity index (χ3n) is 5.08. The van der Waals surface area contributed by atoms with Gasteiger partial charge in [-0.15, -0.1) is 0 Å². The number of phenols is 1. The van der Waals surface area contributed by atoms with Gasteiger partial charge in [0.15, 0.2) is 0 Å². The molecule has 2 aliphatic rings. The van der Waals surface area contributed by atoms with Crippen molar-refractivity contribution >= 4 is 5.91 Å². The lowest BCUT2D eigenvalue weighted by atomic mass is 9.88. The van der Waals surface area contributed by atoms with E-state index in [9.17, 15) is 9.90 Å². The monoisotopic (exact) mass is 311 g/mol. The van der Waals surface area contributed by atoms with Crippen LogP contribution in [0.1, 0.15) is 53.3 Å². The van der Waals surface area contributed by atoms with Crippen LogP contribution in [-0.4, -0.2) is 26.8 Å². The van der Waals surface area contributed by atoms with Crippen LogP contribution in [0, 0.1) is 0 Å². The van der Waals surface area contributed by atoms with Crippen LogP contribution in [0.4, 0.5) is 0 Å². The molecule has 0 saturated heterocycles. The number of benzene rings is 1. The summed E-state index contributed by atoms with van der Waals surface area (Å²) in [6, 6.07) is 7.85. The van der Waals surface area contributed by atoms with Crippen molar-refractivity contribution in [3.8, 4) is 5.75 Å². The predicted molar refractivity (Wildman–Crippen MR) is 86.5 cm³/mol. The summed E-state index contributed by atoms with van der Waals surface area (Å²) < 4.78 is 1.88. The minimum atomic E-state index is -0.0263. The number of aryl methyl sites for hydroxylation is 1. The molecule has 1 heterocycles. The molecule has 4 rings (SSSR count). The van der Waals surface area contributed by atoms with E-state index in [1.54, 1.807) is 12.3 Å². The number of hydrogen-bond acceptors (Lipinski definition) is 3. The summed E-state index contributed by atoms with van der Waals surface area (Å²) in [5.74, 6) is 0.289. The van der Waals surface area contributed by atoms with E-state index < -0.39 is 0 Å². The summed E-state index contributed by atoms with van der Waals surface area (Å²) >= 11 is 0. The molecular weight excluding hydrogens is 290 g/mol. The number of hydrogen-bond donors (Lipinski definition) is 2. The smallest absolute Gasteiger partial charge is 0.269 e. The maximum absolute atomic E-state index is 12.6. The average molecular weight is 311 g/mol. The molecule has 1 saturated carbocycles. The zero-order valence-corrected chi connectivity index (χ0v) is 13.0. The van der Waals surface area contributed by atoms with E-state index in [4.69, 9.17) is 0 Å². The summed E-state index contributed by atoms with van der Waals surface area (Å²) in [6.45, 7) is 0. The van der Waals surface area contributed by atoms with Gasteiger partial charge in [0.05, 0.1) is 6.04 Å². The van der Waals surface area contributed by atoms with Crippen LogP contribution in [0.5, 0.6) is 5.75 Å². The van der Waals surface area contributed by atoms with Gasteiger partial charge in [-0.25, -0.2) is 0 Å². The van der Waals surface area contributed by atoms with Gasteiger partial charge in [-0.2, -0.15) is 5.10 Å². The lowest BCUT2D eigenvalue weighted by Gasteiger charge is -2.28. The Balaban J connectivity index is 1.45. The number of nitrogens with zero attached hydrogens (tertiary/aromatic N) is 2. The first-order valence-corrected chi connectivity index (χ1v) is 8.36. The fourth-order valence-corrected chi connectivity index (χ4v) is 3.54. The van der Waals surface area contributed by atoms with Gasteiger partial charge in [0.1, 0.15) is 11.4 Å². The van der Waals surface area contributed by atoms with Gasteiger partial charge in [-0.05, 0) is 67.9 Å². The third-order valence-corrected chi connectivity index (χ3v) is 5.08. The van der Waals surface area contributed by atoms with E-state index in [1.165, 1.54) is 17.5 Å². The van der Waals surface area contributed by atoms with Crippen LogP contribution in [0.25, 0.3) is 0 Å². The molecule has 0 spiro atoms. The van der Waals surface area contributed by atoms with Crippen LogP contribution >= 0.6 is 0 Å². The molecule has 1 amide bonds. The van der Waals surface area contributed by atoms with Crippen molar-refractivity contribution in [1.29, 1.82) is 0 Å². The minimum Gasteiger partial charge on any atom is -0.508 e. The normalized spacial score (nSPS) is 20.6. The number of nitrogens with one attached hydrogen (secondary N) is 1. The van der Waals surface area contributed by atoms with Crippen molar-refractivity contribution in [1.82, 2.24) is 15.1 Å². The lowest BCUT2D eigenvalue weighted by molar-refractivity contribution is 0.0915. The summed E-state index contributed by atoms with van der Waals surface area (Å²) in [6.07, 6.45) is 7.77. The lowest BCUT2D eigenvalue weighted by Crippen LogP contribution is -2.40. The van der Waals surface area contributed by atoms with Crippen LogP contribution in [0.3, 0.4) is 0 Å². The van der Waals surface area contributed by atoms with Crippen molar-refractivity contribution in [2.24, 2.45) is 0 Å². The van der Waals surface area contributed by atoms with Crippen molar-refractivity contribution in [2.45, 2.75) is 50.6 Å². The molecule has 1 fully saturated rings. The zero-order chi connectivity index (χ0) is 15.8. The van der Waals surface area contributed by atoms with Gasteiger partial charge in [0, 0.05) is 12.2 Å². The Morgan fingerprint density at radius 3 is 2.87 bits per heavy atom. The number of carbonyl (C=O) groups excluding carboxylic acids is 1. The van der Waals surface area contributed by atoms with Crippen molar-refractivity contribution in [3.63, 3.8) is 0 Å². The molecule has 0 bridgehead atoms. The molecule has 5 nitrogen and oxygen atoms in total. The van der Waals surface area contributed by atoms with E-state index in [2.05, 4.69) is 10.4 Å². The fraction of sp³-hybridized carbons (Fsp3) is 0.444. The number of carbonyl (C=O) groups is 1. The minimum absolute atomic E-state index is 0.0263. The molecule has 0 aliphatic heterocycles. The van der Waals surface area contributed by atoms with Crippen molar-refractivity contribution in [2.75, 3.05) is 0 Å². The Kier molecular flexibility index (Phi) is 3.56. The first-order chi connectivity index (χ1) is 11.2. The maximum Gasteiger partial charge on any atom is 0.269 e. The van der Waals surface area contributed by atoms with Crippen molar-refractivity contribution < 1.29 is 9.90 Å². The van der Waals surface area contributed by atoms with E-state index in [0.29, 0.717) is 17.5 Å². The zero-order valence-electron chi connectivity index (χ0n) is 13.0. The predicted octanol–water partition coefficient (Wildman–Crippen LogP) is 2.60. The highest BCUT2D eigenvalue weighted by Gasteiger charge is 2.26. The number of aromatic hydroxyl groups is 1. The van der Waals surface area contributed by atoms with Gasteiger partial charge in [0.2, 0.25) is 0 Å². The Morgan fingerprint density at radius 1 is 1.22 bits per heavy atom. The molecule has 0 radical (unpaired) electrons. The number of rotatable bonds is 3. The third kappa shape index (κ3) is 2.71. The van der Waals surface area contributed by atoms with Gasteiger partial charge in [-0.3, -0.25) is 9.48 Å². The molecule has 1 unspecified atom stereocenters. The molecule has 2 N–H and O–H groups in total. The summed E-state index contributed by atoms with van der Waals surface area (Å²) in [4.78, 5) is 12.6. The molecule has 2 aliphatic carbocycles. The highest BCUT2D eigenvalue weighted by Crippen LogP contribution is 2.32. The van der Waals surface area contributed by atoms with E-state index in [1.807, 2.05) is 22.9 Å². The molecule has 120 valence electrons. The second kappa shape index (κ2) is 5.72. The van der Waals surface area contributed by atoms with E-state index >= 15 is 0 Å². The molecule has 23 heavy (non-hydrogen) atoms. The second-order valence-corrected chi connectivity index (χ2v) is 6.61. The molecule has 1 aromatic heterocycles. The van der Waals surface area contributed by atoms with Crippen LogP contribution in [-0.2, 0) is 12.8 Å². The fourth-order valence-electron chi connectivity index (χ4n) is 3.54. The van der Waals surface area contributed by atoms with Crippen LogP contribution < -0.4 is 5.32 Å². The number of amides is 1. The average Bonchev–Trinajstić information content (AvgIpc) is 2.95. The molecular formula is C18H21N3O2. The Labute approximate surface area is 135 Å². The van der Waals surface area contributed by atoms with Crippen molar-refractivity contribution in [3.05, 3.63) is 47.3 Å². The molecule has 1 atom stereocenters. The topological polar surface area (TPSA) is 67.2 Å². The van der Waals surface area contributed by atoms with E-state index in [-0.39, 0.29) is 11.9 Å². The summed E-state index contributed by atoms with van der Waals surface area (Å²) in [5, 5.41) is 17.0. The first kappa shape index (κ1) is 14.3. The van der Waals surface area contributed by atoms with Gasteiger partial charge >= 0.3 is 0 Å². The second-order valence-electron chi connectivity index (χ2n) is 6.61. The standard InChI is InChI=1S/C18H21N3O2/c22-16-7-5-12-10-14(6-4-13(12)11-16)20-18(23)17-8-9-19-21(17)15-2-1-3-15/h5,7-9,11,14-15,22H,1-4,6,10H2,(H,20,23). The number of aromatic nitrogens is 2. The van der Waals surface area contributed by atoms with Gasteiger partial charge < -0.3 is 10.4 Å². The highest BCUT2D eigenvalue weighted by atomic mass is 16.3. The first-order valence-electron chi connectivity index (χ1n) is 8.36. The Morgan fingerprint density at radius 2 is 2.09 bits per heavy atom. The Bertz CT molecular complexity index is 734. The van der Waals surface area contributed by atoms with Crippen LogP contribution in [0.15, 0.2) is 30.5 Å². The van der Waals surface area contributed by atoms with Crippen LogP contribution in [0.2, 0.25) is 0 Å². The Hall–Kier alpha value is -2.30. The molecule has 2 aromatic rings. The highest BCUT2D eigenvalue weighted by molar-refractivity contribution is 5.92. The summed E-state index contributed by atoms with van der Waals surface area (Å²) in [7, 11) is 0. The maximum atomic E-state index is 12.6. The van der Waals surface area contributed by atoms with Gasteiger partial charge in [-0.1, -0.05) is 6.07 Å². The summed E-state index contributed by atoms with van der Waals surface area (Å²) in [5.41, 5.74) is 3.08. The van der Waals surface area contributed by atoms with Gasteiger partial charge in [0.25, 0.3) is 5.91 Å². The molecule has 1 aromatic carbocycles.